The molecule has 0 amide bonds. The maximum Gasteiger partial charge on any atom is -0.0244 e. The van der Waals surface area contributed by atoms with Gasteiger partial charge in [0.1, 0.15) is 0 Å². The fourth-order valence-electron chi connectivity index (χ4n) is 0.846. The zero-order valence-electron chi connectivity index (χ0n) is 7.88. The number of hydrogen-bond donors (Lipinski definition) is 0. The van der Waals surface area contributed by atoms with Crippen LogP contribution in [0.25, 0.3) is 0 Å². The zero-order chi connectivity index (χ0) is 9.40. The maximum absolute atomic E-state index is 2.95. The van der Waals surface area contributed by atoms with Gasteiger partial charge in [-0.05, 0) is 25.2 Å². The Bertz CT molecular complexity index is 98.0. The van der Waals surface area contributed by atoms with Gasteiger partial charge in [-0.1, -0.05) is 44.5 Å². The van der Waals surface area contributed by atoms with Gasteiger partial charge < -0.3 is 0 Å². The van der Waals surface area contributed by atoms with E-state index in [1.165, 1.54) is 24.9 Å². The molecule has 12 heavy (non-hydrogen) atoms. The molecule has 0 aromatic heterocycles. The van der Waals surface area contributed by atoms with Crippen molar-refractivity contribution in [3.8, 4) is 0 Å². The summed E-state index contributed by atoms with van der Waals surface area (Å²) in [5, 5.41) is 0. The molecule has 0 nitrogen and oxygen atoms in total. The first-order valence-electron chi connectivity index (χ1n) is 4.13. The molecule has 6 heteroatoms. The maximum atomic E-state index is 2.95. The van der Waals surface area contributed by atoms with E-state index in [0.29, 0.717) is 15.2 Å². The fraction of sp³-hybridized carbons (Fsp3) is 1.00. The van der Waals surface area contributed by atoms with Gasteiger partial charge in [0, 0.05) is 0 Å². The summed E-state index contributed by atoms with van der Waals surface area (Å²) in [6.45, 7) is 4.75. The summed E-state index contributed by atoms with van der Waals surface area (Å²) >= 11 is 0. The van der Waals surface area contributed by atoms with Crippen molar-refractivity contribution in [1.82, 2.24) is 0 Å². The van der Waals surface area contributed by atoms with Crippen molar-refractivity contribution < 1.29 is 0 Å². The van der Waals surface area contributed by atoms with Gasteiger partial charge in [0.2, 0.25) is 0 Å². The lowest BCUT2D eigenvalue weighted by atomic mass is 10.6. The van der Waals surface area contributed by atoms with Crippen LogP contribution in [-0.4, -0.2) is 25.2 Å². The molecule has 0 radical (unpaired) electrons. The standard InChI is InChI=1S/C6H20P6/c1-3-4-12(10-8)6-5-11(2)9-7/h9-10H,3-8H2,1-2H3. The first-order chi connectivity index (χ1) is 5.74. The van der Waals surface area contributed by atoms with Crippen LogP contribution in [0.1, 0.15) is 13.3 Å². The molecule has 0 N–H and O–H groups in total. The largest absolute Gasteiger partial charge is 0.110 e. The van der Waals surface area contributed by atoms with Crippen molar-refractivity contribution in [2.75, 3.05) is 25.2 Å². The van der Waals surface area contributed by atoms with Crippen LogP contribution in [0.15, 0.2) is 0 Å². The zero-order valence-corrected chi connectivity index (χ0v) is 14.0. The third kappa shape index (κ3) is 7.94. The molecule has 0 aromatic rings. The van der Waals surface area contributed by atoms with Gasteiger partial charge in [-0.25, -0.2) is 0 Å². The lowest BCUT2D eigenvalue weighted by Crippen LogP contribution is -1.87. The Balaban J connectivity index is 3.43. The SMILES string of the molecule is CCCP(CCP(C)PP)PP. The molecule has 0 bridgehead atoms. The van der Waals surface area contributed by atoms with Crippen molar-refractivity contribution in [2.45, 2.75) is 13.3 Å². The van der Waals surface area contributed by atoms with Gasteiger partial charge in [-0.15, -0.1) is 17.9 Å². The van der Waals surface area contributed by atoms with Gasteiger partial charge in [-0.2, -0.15) is 0 Å². The number of rotatable bonds is 7. The van der Waals surface area contributed by atoms with Crippen LogP contribution in [0, 0.1) is 0 Å². The van der Waals surface area contributed by atoms with E-state index in [0.717, 1.165) is 15.9 Å². The first-order valence-corrected chi connectivity index (χ1v) is 15.1. The highest BCUT2D eigenvalue weighted by Crippen LogP contribution is 2.64. The Labute approximate surface area is 87.6 Å². The predicted molar refractivity (Wildman–Crippen MR) is 80.7 cm³/mol. The molecule has 0 fully saturated rings. The first kappa shape index (κ1) is 14.6. The van der Waals surface area contributed by atoms with E-state index in [-0.39, 0.29) is 0 Å². The van der Waals surface area contributed by atoms with E-state index >= 15 is 0 Å². The van der Waals surface area contributed by atoms with Crippen molar-refractivity contribution in [3.63, 3.8) is 0 Å². The average molecular weight is 278 g/mol. The molecular weight excluding hydrogens is 258 g/mol. The highest BCUT2D eigenvalue weighted by molar-refractivity contribution is 8.46. The second kappa shape index (κ2) is 10.1. The van der Waals surface area contributed by atoms with Crippen LogP contribution in [0.5, 0.6) is 0 Å². The topological polar surface area (TPSA) is 0 Å². The fourth-order valence-corrected chi connectivity index (χ4v) is 11.3. The minimum absolute atomic E-state index is 0.375. The average Bonchev–Trinajstić information content (AvgIpc) is 2.11. The molecule has 0 aliphatic heterocycles. The minimum atomic E-state index is 0.375. The Kier molecular flexibility index (Phi) is 12.3. The van der Waals surface area contributed by atoms with Gasteiger partial charge in [-0.3, -0.25) is 0 Å². The Morgan fingerprint density at radius 2 is 1.75 bits per heavy atom. The van der Waals surface area contributed by atoms with E-state index in [4.69, 9.17) is 0 Å². The summed E-state index contributed by atoms with van der Waals surface area (Å²) in [6, 6.07) is 0. The van der Waals surface area contributed by atoms with E-state index in [1.54, 1.807) is 0 Å². The molecule has 0 heterocycles. The third-order valence-electron chi connectivity index (χ3n) is 1.60. The smallest absolute Gasteiger partial charge is 0.0244 e. The van der Waals surface area contributed by atoms with Crippen LogP contribution >= 0.6 is 49.0 Å². The molecule has 0 aromatic carbocycles. The van der Waals surface area contributed by atoms with Crippen molar-refractivity contribution in [1.29, 1.82) is 0 Å². The second-order valence-corrected chi connectivity index (χ2v) is 17.4. The summed E-state index contributed by atoms with van der Waals surface area (Å²) in [5.41, 5.74) is 0. The van der Waals surface area contributed by atoms with Gasteiger partial charge in [0.15, 0.2) is 0 Å². The monoisotopic (exact) mass is 278 g/mol. The molecule has 0 spiro atoms. The lowest BCUT2D eigenvalue weighted by Gasteiger charge is -2.16. The van der Waals surface area contributed by atoms with Crippen LogP contribution < -0.4 is 0 Å². The van der Waals surface area contributed by atoms with Crippen molar-refractivity contribution in [3.05, 3.63) is 0 Å². The van der Waals surface area contributed by atoms with E-state index in [2.05, 4.69) is 31.4 Å². The summed E-state index contributed by atoms with van der Waals surface area (Å²) < 4.78 is 0. The molecule has 0 saturated carbocycles. The van der Waals surface area contributed by atoms with Crippen molar-refractivity contribution in [2.24, 2.45) is 0 Å². The summed E-state index contributed by atoms with van der Waals surface area (Å²) in [4.78, 5) is 0. The Morgan fingerprint density at radius 1 is 1.08 bits per heavy atom. The molecule has 0 aliphatic rings. The molecule has 0 aliphatic carbocycles. The highest BCUT2D eigenvalue weighted by Gasteiger charge is 2.06. The summed E-state index contributed by atoms with van der Waals surface area (Å²) in [5.74, 6) is 0. The summed E-state index contributed by atoms with van der Waals surface area (Å²) in [6.07, 6.45) is 5.94. The third-order valence-corrected chi connectivity index (χ3v) is 17.1. The molecule has 0 rings (SSSR count). The normalized spacial score (nSPS) is 18.0. The lowest BCUT2D eigenvalue weighted by molar-refractivity contribution is 1.10. The predicted octanol–water partition coefficient (Wildman–Crippen LogP) is 4.76. The van der Waals surface area contributed by atoms with Gasteiger partial charge >= 0.3 is 0 Å². The molecule has 0 saturated heterocycles. The molecular formula is C6H20P6. The molecule has 74 valence electrons. The Morgan fingerprint density at radius 3 is 2.17 bits per heavy atom. The van der Waals surface area contributed by atoms with Crippen LogP contribution in [0.4, 0.5) is 0 Å². The highest BCUT2D eigenvalue weighted by atomic mass is 32.4. The van der Waals surface area contributed by atoms with Crippen LogP contribution in [0.3, 0.4) is 0 Å². The van der Waals surface area contributed by atoms with E-state index < -0.39 is 0 Å². The van der Waals surface area contributed by atoms with E-state index in [9.17, 15) is 0 Å². The Hall–Kier alpha value is 2.58. The van der Waals surface area contributed by atoms with Gasteiger partial charge in [0.25, 0.3) is 0 Å². The van der Waals surface area contributed by atoms with E-state index in [1.807, 2.05) is 0 Å². The molecule has 6 unspecified atom stereocenters. The quantitative estimate of drug-likeness (QED) is 0.589. The second-order valence-electron chi connectivity index (χ2n) is 2.67. The van der Waals surface area contributed by atoms with Crippen LogP contribution in [-0.2, 0) is 0 Å². The van der Waals surface area contributed by atoms with Gasteiger partial charge in [0.05, 0.1) is 0 Å². The van der Waals surface area contributed by atoms with Crippen molar-refractivity contribution >= 4 is 49.0 Å². The number of hydrogen-bond acceptors (Lipinski definition) is 0. The minimum Gasteiger partial charge on any atom is -0.110 e. The van der Waals surface area contributed by atoms with Crippen LogP contribution in [0.2, 0.25) is 0 Å². The summed E-state index contributed by atoms with van der Waals surface area (Å²) in [7, 11) is 8.90. The molecule has 6 atom stereocenters.